The Hall–Kier alpha value is -1.22. The maximum Gasteiger partial charge on any atom is 0.231 e. The first-order valence-electron chi connectivity index (χ1n) is 4.74. The zero-order valence-electron chi connectivity index (χ0n) is 8.78. The maximum atomic E-state index is 5.33. The van der Waals surface area contributed by atoms with E-state index in [1.807, 2.05) is 12.1 Å². The van der Waals surface area contributed by atoms with E-state index in [9.17, 15) is 0 Å². The van der Waals surface area contributed by atoms with Crippen LogP contribution in [0, 0.1) is 0 Å². The monoisotopic (exact) mass is 193 g/mol. The highest BCUT2D eigenvalue weighted by Crippen LogP contribution is 2.34. The molecule has 2 rings (SSSR count). The highest BCUT2D eigenvalue weighted by Gasteiger charge is 2.16. The average Bonchev–Trinajstić information content (AvgIpc) is 2.62. The average molecular weight is 193 g/mol. The van der Waals surface area contributed by atoms with Crippen molar-refractivity contribution in [3.05, 3.63) is 23.8 Å². The molecule has 1 heterocycles. The molecule has 0 bridgehead atoms. The van der Waals surface area contributed by atoms with Crippen molar-refractivity contribution in [3.63, 3.8) is 0 Å². The fraction of sp³-hybridized carbons (Fsp3) is 0.455. The molecule has 0 spiro atoms. The van der Waals surface area contributed by atoms with Gasteiger partial charge < -0.3 is 14.4 Å². The molecule has 1 aromatic rings. The van der Waals surface area contributed by atoms with Crippen molar-refractivity contribution >= 4 is 0 Å². The summed E-state index contributed by atoms with van der Waals surface area (Å²) in [6.07, 6.45) is 0. The summed E-state index contributed by atoms with van der Waals surface area (Å²) >= 11 is 0. The van der Waals surface area contributed by atoms with E-state index in [1.165, 1.54) is 5.56 Å². The molecule has 3 heteroatoms. The quantitative estimate of drug-likeness (QED) is 0.717. The molecule has 0 fully saturated rings. The van der Waals surface area contributed by atoms with Crippen LogP contribution in [0.1, 0.15) is 18.5 Å². The molecule has 3 nitrogen and oxygen atoms in total. The van der Waals surface area contributed by atoms with Crippen molar-refractivity contribution in [1.29, 1.82) is 0 Å². The largest absolute Gasteiger partial charge is 0.454 e. The van der Waals surface area contributed by atoms with Gasteiger partial charge in [-0.1, -0.05) is 6.07 Å². The summed E-state index contributed by atoms with van der Waals surface area (Å²) < 4.78 is 10.6. The Morgan fingerprint density at radius 1 is 1.21 bits per heavy atom. The van der Waals surface area contributed by atoms with Gasteiger partial charge in [-0.2, -0.15) is 0 Å². The van der Waals surface area contributed by atoms with E-state index >= 15 is 0 Å². The van der Waals surface area contributed by atoms with E-state index in [2.05, 4.69) is 32.0 Å². The number of benzene rings is 1. The Kier molecular flexibility index (Phi) is 2.33. The summed E-state index contributed by atoms with van der Waals surface area (Å²) in [5.74, 6) is 1.70. The molecule has 0 saturated heterocycles. The number of fused-ring (bicyclic) bond motifs is 1. The Morgan fingerprint density at radius 3 is 2.64 bits per heavy atom. The molecule has 0 amide bonds. The van der Waals surface area contributed by atoms with Crippen LogP contribution in [-0.2, 0) is 0 Å². The van der Waals surface area contributed by atoms with Gasteiger partial charge in [0.15, 0.2) is 11.5 Å². The van der Waals surface area contributed by atoms with Crippen LogP contribution in [0.3, 0.4) is 0 Å². The van der Waals surface area contributed by atoms with Crippen LogP contribution in [0.2, 0.25) is 0 Å². The number of ether oxygens (including phenoxy) is 2. The third-order valence-electron chi connectivity index (χ3n) is 2.65. The van der Waals surface area contributed by atoms with Crippen LogP contribution < -0.4 is 9.47 Å². The molecule has 0 aromatic heterocycles. The van der Waals surface area contributed by atoms with E-state index in [-0.39, 0.29) is 0 Å². The highest BCUT2D eigenvalue weighted by molar-refractivity contribution is 5.45. The summed E-state index contributed by atoms with van der Waals surface area (Å²) in [6.45, 7) is 2.51. The first kappa shape index (κ1) is 9.34. The topological polar surface area (TPSA) is 21.7 Å². The van der Waals surface area contributed by atoms with Gasteiger partial charge in [-0.05, 0) is 38.7 Å². The van der Waals surface area contributed by atoms with Crippen LogP contribution in [0.15, 0.2) is 18.2 Å². The number of nitrogens with zero attached hydrogens (tertiary/aromatic N) is 1. The van der Waals surface area contributed by atoms with Gasteiger partial charge in [0.1, 0.15) is 0 Å². The van der Waals surface area contributed by atoms with E-state index in [0.717, 1.165) is 11.5 Å². The Labute approximate surface area is 84.2 Å². The van der Waals surface area contributed by atoms with Gasteiger partial charge in [0, 0.05) is 6.04 Å². The van der Waals surface area contributed by atoms with Crippen molar-refractivity contribution in [1.82, 2.24) is 4.90 Å². The first-order chi connectivity index (χ1) is 6.68. The van der Waals surface area contributed by atoms with Gasteiger partial charge in [-0.25, -0.2) is 0 Å². The predicted octanol–water partition coefficient (Wildman–Crippen LogP) is 2.04. The molecule has 1 unspecified atom stereocenters. The second-order valence-corrected chi connectivity index (χ2v) is 3.75. The summed E-state index contributed by atoms with van der Waals surface area (Å²) in [5, 5.41) is 0. The van der Waals surface area contributed by atoms with E-state index in [4.69, 9.17) is 9.47 Å². The van der Waals surface area contributed by atoms with Crippen LogP contribution in [0.25, 0.3) is 0 Å². The van der Waals surface area contributed by atoms with Crippen LogP contribution in [0.5, 0.6) is 11.5 Å². The van der Waals surface area contributed by atoms with Crippen molar-refractivity contribution in [2.45, 2.75) is 13.0 Å². The molecule has 76 valence electrons. The third-order valence-corrected chi connectivity index (χ3v) is 2.65. The summed E-state index contributed by atoms with van der Waals surface area (Å²) in [5.41, 5.74) is 1.25. The summed E-state index contributed by atoms with van der Waals surface area (Å²) in [4.78, 5) is 2.16. The highest BCUT2D eigenvalue weighted by atomic mass is 16.7. The molecular weight excluding hydrogens is 178 g/mol. The lowest BCUT2D eigenvalue weighted by Gasteiger charge is -2.20. The van der Waals surface area contributed by atoms with E-state index in [1.54, 1.807) is 0 Å². The predicted molar refractivity (Wildman–Crippen MR) is 54.7 cm³/mol. The van der Waals surface area contributed by atoms with Gasteiger partial charge in [0.25, 0.3) is 0 Å². The second-order valence-electron chi connectivity index (χ2n) is 3.75. The van der Waals surface area contributed by atoms with Crippen molar-refractivity contribution < 1.29 is 9.47 Å². The lowest BCUT2D eigenvalue weighted by molar-refractivity contribution is 0.174. The minimum atomic E-state index is 0.342. The molecule has 1 atom stereocenters. The SMILES string of the molecule is CC(c1ccc2c(c1)OCO2)N(C)C. The normalized spacial score (nSPS) is 16.0. The van der Waals surface area contributed by atoms with Crippen LogP contribution in [-0.4, -0.2) is 25.8 Å². The van der Waals surface area contributed by atoms with Crippen molar-refractivity contribution in [2.75, 3.05) is 20.9 Å². The fourth-order valence-corrected chi connectivity index (χ4v) is 1.47. The van der Waals surface area contributed by atoms with Gasteiger partial charge in [0.05, 0.1) is 0 Å². The van der Waals surface area contributed by atoms with Crippen LogP contribution >= 0.6 is 0 Å². The Bertz CT molecular complexity index is 336. The van der Waals surface area contributed by atoms with Crippen molar-refractivity contribution in [2.24, 2.45) is 0 Å². The second kappa shape index (κ2) is 3.50. The molecule has 1 aliphatic rings. The molecule has 14 heavy (non-hydrogen) atoms. The Balaban J connectivity index is 2.28. The molecule has 0 N–H and O–H groups in total. The number of hydrogen-bond acceptors (Lipinski definition) is 3. The smallest absolute Gasteiger partial charge is 0.231 e. The van der Waals surface area contributed by atoms with E-state index < -0.39 is 0 Å². The van der Waals surface area contributed by atoms with E-state index in [0.29, 0.717) is 12.8 Å². The van der Waals surface area contributed by atoms with Gasteiger partial charge in [0.2, 0.25) is 6.79 Å². The zero-order chi connectivity index (χ0) is 10.1. The minimum absolute atomic E-state index is 0.342. The Morgan fingerprint density at radius 2 is 1.93 bits per heavy atom. The van der Waals surface area contributed by atoms with Gasteiger partial charge in [-0.15, -0.1) is 0 Å². The molecule has 0 saturated carbocycles. The van der Waals surface area contributed by atoms with Crippen LogP contribution in [0.4, 0.5) is 0 Å². The first-order valence-corrected chi connectivity index (χ1v) is 4.74. The van der Waals surface area contributed by atoms with Crippen molar-refractivity contribution in [3.8, 4) is 11.5 Å². The molecule has 1 aromatic carbocycles. The standard InChI is InChI=1S/C11H15NO2/c1-8(12(2)3)9-4-5-10-11(6-9)14-7-13-10/h4-6,8H,7H2,1-3H3. The van der Waals surface area contributed by atoms with Gasteiger partial charge in [-0.3, -0.25) is 0 Å². The molecule has 0 aliphatic carbocycles. The van der Waals surface area contributed by atoms with Gasteiger partial charge >= 0.3 is 0 Å². The molecule has 0 radical (unpaired) electrons. The number of hydrogen-bond donors (Lipinski definition) is 0. The third kappa shape index (κ3) is 1.55. The molecular formula is C11H15NO2. The summed E-state index contributed by atoms with van der Waals surface area (Å²) in [6, 6.07) is 6.49. The summed E-state index contributed by atoms with van der Waals surface area (Å²) in [7, 11) is 4.13. The minimum Gasteiger partial charge on any atom is -0.454 e. The zero-order valence-corrected chi connectivity index (χ0v) is 8.78. The molecule has 1 aliphatic heterocycles. The maximum absolute atomic E-state index is 5.33. The lowest BCUT2D eigenvalue weighted by atomic mass is 10.1. The number of rotatable bonds is 2. The fourth-order valence-electron chi connectivity index (χ4n) is 1.47. The lowest BCUT2D eigenvalue weighted by Crippen LogP contribution is -2.16.